The predicted molar refractivity (Wildman–Crippen MR) is 88.2 cm³/mol. The summed E-state index contributed by atoms with van der Waals surface area (Å²) in [5.74, 6) is 1.88. The Morgan fingerprint density at radius 2 is 1.81 bits per heavy atom. The fourth-order valence-electron chi connectivity index (χ4n) is 2.71. The fraction of sp³-hybridized carbons (Fsp3) is 0.467. The molecular weight excluding hydrogens is 286 g/mol. The Hall–Kier alpha value is -1.59. The van der Waals surface area contributed by atoms with Gasteiger partial charge in [0.15, 0.2) is 11.6 Å². The van der Waals surface area contributed by atoms with E-state index in [1.165, 1.54) is 12.8 Å². The van der Waals surface area contributed by atoms with E-state index in [1.807, 2.05) is 24.3 Å². The van der Waals surface area contributed by atoms with Gasteiger partial charge in [-0.1, -0.05) is 12.1 Å². The Bertz CT molecular complexity index is 643. The second-order valence-corrected chi connectivity index (χ2v) is 5.80. The SMILES string of the molecule is Cl.NC1CCN(c2nc3ccccc3nc2NC2CC2)C1. The average Bonchev–Trinajstić information content (AvgIpc) is 3.17. The Labute approximate surface area is 130 Å². The number of rotatable bonds is 3. The van der Waals surface area contributed by atoms with E-state index >= 15 is 0 Å². The van der Waals surface area contributed by atoms with E-state index in [-0.39, 0.29) is 18.4 Å². The lowest BCUT2D eigenvalue weighted by Crippen LogP contribution is -2.28. The van der Waals surface area contributed by atoms with Gasteiger partial charge in [0.05, 0.1) is 11.0 Å². The highest BCUT2D eigenvalue weighted by Crippen LogP contribution is 2.31. The van der Waals surface area contributed by atoms with Gasteiger partial charge in [-0.3, -0.25) is 0 Å². The highest BCUT2D eigenvalue weighted by Gasteiger charge is 2.27. The Morgan fingerprint density at radius 1 is 1.10 bits per heavy atom. The number of aromatic nitrogens is 2. The number of hydrogen-bond donors (Lipinski definition) is 2. The monoisotopic (exact) mass is 305 g/mol. The largest absolute Gasteiger partial charge is 0.364 e. The van der Waals surface area contributed by atoms with Gasteiger partial charge in [0.1, 0.15) is 0 Å². The molecule has 21 heavy (non-hydrogen) atoms. The van der Waals surface area contributed by atoms with Crippen LogP contribution < -0.4 is 16.0 Å². The van der Waals surface area contributed by atoms with Crippen molar-refractivity contribution in [2.75, 3.05) is 23.3 Å². The Balaban J connectivity index is 0.00000132. The van der Waals surface area contributed by atoms with Gasteiger partial charge in [-0.25, -0.2) is 9.97 Å². The molecule has 1 aromatic heterocycles. The number of nitrogens with one attached hydrogen (secondary N) is 1. The average molecular weight is 306 g/mol. The molecule has 1 aliphatic carbocycles. The Kier molecular flexibility index (Phi) is 3.87. The van der Waals surface area contributed by atoms with Crippen LogP contribution in [-0.2, 0) is 0 Å². The molecule has 1 unspecified atom stereocenters. The molecule has 0 bridgehead atoms. The van der Waals surface area contributed by atoms with Crippen LogP contribution in [0.5, 0.6) is 0 Å². The van der Waals surface area contributed by atoms with Crippen LogP contribution in [0, 0.1) is 0 Å². The van der Waals surface area contributed by atoms with Crippen LogP contribution in [0.25, 0.3) is 11.0 Å². The molecule has 2 aliphatic rings. The maximum absolute atomic E-state index is 6.03. The summed E-state index contributed by atoms with van der Waals surface area (Å²) in [7, 11) is 0. The summed E-state index contributed by atoms with van der Waals surface area (Å²) in [5.41, 5.74) is 7.92. The molecule has 0 radical (unpaired) electrons. The molecule has 3 N–H and O–H groups in total. The summed E-state index contributed by atoms with van der Waals surface area (Å²) in [6, 6.07) is 8.86. The minimum atomic E-state index is 0. The number of hydrogen-bond acceptors (Lipinski definition) is 5. The molecule has 1 aromatic carbocycles. The standard InChI is InChI=1S/C15H19N5.ClH/c16-10-7-8-20(9-10)15-14(17-11-5-6-11)18-12-3-1-2-4-13(12)19-15;/h1-4,10-11H,5-9,16H2,(H,17,18);1H. The second kappa shape index (κ2) is 5.66. The zero-order chi connectivity index (χ0) is 13.5. The lowest BCUT2D eigenvalue weighted by molar-refractivity contribution is 0.751. The van der Waals surface area contributed by atoms with Gasteiger partial charge in [-0.2, -0.15) is 0 Å². The number of benzene rings is 1. The minimum Gasteiger partial charge on any atom is -0.364 e. The molecule has 0 amide bonds. The van der Waals surface area contributed by atoms with Crippen molar-refractivity contribution in [2.45, 2.75) is 31.3 Å². The molecule has 5 nitrogen and oxygen atoms in total. The zero-order valence-corrected chi connectivity index (χ0v) is 12.6. The molecular formula is C15H20ClN5. The summed E-state index contributed by atoms with van der Waals surface area (Å²) < 4.78 is 0. The first kappa shape index (κ1) is 14.4. The second-order valence-electron chi connectivity index (χ2n) is 5.80. The van der Waals surface area contributed by atoms with Crippen molar-refractivity contribution >= 4 is 35.1 Å². The van der Waals surface area contributed by atoms with Crippen molar-refractivity contribution in [1.82, 2.24) is 9.97 Å². The normalized spacial score (nSPS) is 21.4. The van der Waals surface area contributed by atoms with Crippen LogP contribution >= 0.6 is 12.4 Å². The van der Waals surface area contributed by atoms with E-state index < -0.39 is 0 Å². The molecule has 6 heteroatoms. The van der Waals surface area contributed by atoms with Crippen molar-refractivity contribution in [3.63, 3.8) is 0 Å². The molecule has 1 atom stereocenters. The molecule has 0 spiro atoms. The predicted octanol–water partition coefficient (Wildman–Crippen LogP) is 2.16. The Morgan fingerprint density at radius 3 is 2.43 bits per heavy atom. The molecule has 2 aromatic rings. The summed E-state index contributed by atoms with van der Waals surface area (Å²) in [6.45, 7) is 1.83. The van der Waals surface area contributed by atoms with Gasteiger partial charge >= 0.3 is 0 Å². The molecule has 4 rings (SSSR count). The van der Waals surface area contributed by atoms with Gasteiger partial charge in [0.25, 0.3) is 0 Å². The molecule has 1 aliphatic heterocycles. The van der Waals surface area contributed by atoms with Gasteiger partial charge in [-0.05, 0) is 31.4 Å². The molecule has 112 valence electrons. The number of halogens is 1. The topological polar surface area (TPSA) is 67.1 Å². The number of nitrogens with zero attached hydrogens (tertiary/aromatic N) is 3. The molecule has 2 fully saturated rings. The van der Waals surface area contributed by atoms with Crippen LogP contribution in [0.4, 0.5) is 11.6 Å². The van der Waals surface area contributed by atoms with Gasteiger partial charge in [0.2, 0.25) is 0 Å². The third kappa shape index (κ3) is 2.89. The first-order valence-corrected chi connectivity index (χ1v) is 7.33. The quantitative estimate of drug-likeness (QED) is 0.909. The summed E-state index contributed by atoms with van der Waals surface area (Å²) in [6.07, 6.45) is 3.48. The van der Waals surface area contributed by atoms with Gasteiger partial charge < -0.3 is 16.0 Å². The van der Waals surface area contributed by atoms with Crippen LogP contribution in [-0.4, -0.2) is 35.1 Å². The van der Waals surface area contributed by atoms with Crippen molar-refractivity contribution in [3.8, 4) is 0 Å². The van der Waals surface area contributed by atoms with Crippen molar-refractivity contribution < 1.29 is 0 Å². The zero-order valence-electron chi connectivity index (χ0n) is 11.8. The van der Waals surface area contributed by atoms with E-state index in [4.69, 9.17) is 15.7 Å². The lowest BCUT2D eigenvalue weighted by atomic mass is 10.3. The first-order chi connectivity index (χ1) is 9.79. The van der Waals surface area contributed by atoms with Crippen LogP contribution in [0.1, 0.15) is 19.3 Å². The van der Waals surface area contributed by atoms with Crippen LogP contribution in [0.2, 0.25) is 0 Å². The third-order valence-corrected chi connectivity index (χ3v) is 3.99. The third-order valence-electron chi connectivity index (χ3n) is 3.99. The minimum absolute atomic E-state index is 0. The van der Waals surface area contributed by atoms with Crippen molar-refractivity contribution in [1.29, 1.82) is 0 Å². The number of fused-ring (bicyclic) bond motifs is 1. The first-order valence-electron chi connectivity index (χ1n) is 7.33. The maximum atomic E-state index is 6.03. The van der Waals surface area contributed by atoms with Gasteiger partial charge in [0, 0.05) is 25.2 Å². The van der Waals surface area contributed by atoms with E-state index in [1.54, 1.807) is 0 Å². The van der Waals surface area contributed by atoms with Gasteiger partial charge in [-0.15, -0.1) is 12.4 Å². The van der Waals surface area contributed by atoms with Crippen LogP contribution in [0.15, 0.2) is 24.3 Å². The van der Waals surface area contributed by atoms with Crippen molar-refractivity contribution in [2.24, 2.45) is 5.73 Å². The fourth-order valence-corrected chi connectivity index (χ4v) is 2.71. The number of nitrogens with two attached hydrogens (primary N) is 1. The van der Waals surface area contributed by atoms with Crippen LogP contribution in [0.3, 0.4) is 0 Å². The highest BCUT2D eigenvalue weighted by atomic mass is 35.5. The summed E-state index contributed by atoms with van der Waals surface area (Å²) >= 11 is 0. The van der Waals surface area contributed by atoms with E-state index in [0.29, 0.717) is 6.04 Å². The smallest absolute Gasteiger partial charge is 0.172 e. The van der Waals surface area contributed by atoms with Crippen molar-refractivity contribution in [3.05, 3.63) is 24.3 Å². The molecule has 1 saturated carbocycles. The van der Waals surface area contributed by atoms with E-state index in [9.17, 15) is 0 Å². The maximum Gasteiger partial charge on any atom is 0.172 e. The lowest BCUT2D eigenvalue weighted by Gasteiger charge is -2.20. The number of anilines is 2. The van der Waals surface area contributed by atoms with E-state index in [0.717, 1.165) is 42.2 Å². The molecule has 1 saturated heterocycles. The highest BCUT2D eigenvalue weighted by molar-refractivity contribution is 5.85. The summed E-state index contributed by atoms with van der Waals surface area (Å²) in [4.78, 5) is 11.8. The summed E-state index contributed by atoms with van der Waals surface area (Å²) in [5, 5.41) is 3.51. The molecule has 2 heterocycles. The van der Waals surface area contributed by atoms with E-state index in [2.05, 4.69) is 10.2 Å². The number of para-hydroxylation sites is 2.